The topological polar surface area (TPSA) is 46.5 Å². The van der Waals surface area contributed by atoms with E-state index in [4.69, 9.17) is 4.74 Å². The van der Waals surface area contributed by atoms with E-state index in [1.54, 1.807) is 6.92 Å². The van der Waals surface area contributed by atoms with Crippen LogP contribution in [-0.4, -0.2) is 22.4 Å². The van der Waals surface area contributed by atoms with Gasteiger partial charge in [0.05, 0.1) is 5.56 Å². The number of hydrogen-bond donors (Lipinski definition) is 1. The molecule has 0 bridgehead atoms. The predicted octanol–water partition coefficient (Wildman–Crippen LogP) is 6.70. The lowest BCUT2D eigenvalue weighted by Gasteiger charge is -2.30. The Morgan fingerprint density at radius 1 is 1.06 bits per heavy atom. The van der Waals surface area contributed by atoms with Gasteiger partial charge in [0.2, 0.25) is 0 Å². The third kappa shape index (κ3) is 4.92. The molecule has 2 aromatic rings. The van der Waals surface area contributed by atoms with Gasteiger partial charge in [0.15, 0.2) is 0 Å². The largest absolute Gasteiger partial charge is 0.511 e. The summed E-state index contributed by atoms with van der Waals surface area (Å²) in [5, 5.41) is 10.5. The average Bonchev–Trinajstić information content (AvgIpc) is 2.63. The molecule has 0 spiro atoms. The highest BCUT2D eigenvalue weighted by Crippen LogP contribution is 2.39. The first-order valence-electron chi connectivity index (χ1n) is 9.94. The van der Waals surface area contributed by atoms with Crippen LogP contribution >= 0.6 is 11.8 Å². The molecule has 2 unspecified atom stereocenters. The third-order valence-electron chi connectivity index (χ3n) is 5.41. The van der Waals surface area contributed by atoms with Crippen molar-refractivity contribution in [2.24, 2.45) is 0 Å². The predicted molar refractivity (Wildman–Crippen MR) is 116 cm³/mol. The Morgan fingerprint density at radius 2 is 1.68 bits per heavy atom. The van der Waals surface area contributed by atoms with Gasteiger partial charge in [0.25, 0.3) is 0 Å². The number of hydrogen-bond acceptors (Lipinski definition) is 4. The Morgan fingerprint density at radius 3 is 2.19 bits per heavy atom. The summed E-state index contributed by atoms with van der Waals surface area (Å²) >= 11 is 1.33. The molecule has 0 saturated heterocycles. The van der Waals surface area contributed by atoms with Crippen LogP contribution in [0.3, 0.4) is 0 Å². The lowest BCUT2D eigenvalue weighted by atomic mass is 9.90. The number of halogens is 3. The number of carbonyl (C=O) groups excluding carboxylic acids is 1. The number of rotatable bonds is 4. The van der Waals surface area contributed by atoms with Crippen molar-refractivity contribution < 1.29 is 27.8 Å². The number of alkyl halides is 3. The van der Waals surface area contributed by atoms with E-state index in [9.17, 15) is 23.1 Å². The maximum absolute atomic E-state index is 12.9. The molecule has 7 heteroatoms. The normalized spacial score (nSPS) is 18.2. The number of ether oxygens (including phenoxy) is 1. The van der Waals surface area contributed by atoms with Crippen molar-refractivity contribution in [1.82, 2.24) is 0 Å². The van der Waals surface area contributed by atoms with Gasteiger partial charge in [-0.05, 0) is 75.1 Å². The molecule has 0 aromatic heterocycles. The number of cyclic esters (lactones) is 1. The molecule has 166 valence electrons. The molecule has 0 aliphatic carbocycles. The summed E-state index contributed by atoms with van der Waals surface area (Å²) in [4.78, 5) is 13.5. The van der Waals surface area contributed by atoms with Crippen molar-refractivity contribution in [3.8, 4) is 0 Å². The number of benzene rings is 2. The average molecular weight is 451 g/mol. The summed E-state index contributed by atoms with van der Waals surface area (Å²) in [6, 6.07) is 7.50. The van der Waals surface area contributed by atoms with E-state index in [0.717, 1.165) is 28.8 Å². The smallest absolute Gasteiger partial charge is 0.416 e. The lowest BCUT2D eigenvalue weighted by Crippen LogP contribution is -2.33. The zero-order chi connectivity index (χ0) is 23.1. The van der Waals surface area contributed by atoms with E-state index in [0.29, 0.717) is 16.0 Å². The van der Waals surface area contributed by atoms with Crippen LogP contribution in [-0.2, 0) is 15.7 Å². The van der Waals surface area contributed by atoms with Gasteiger partial charge in [-0.3, -0.25) is 0 Å². The standard InChI is InChI=1S/C24H25F3O3S/c1-12-8-14(3)21(15(4)9-12)22-18(28)11-19(30-23(22)29)16(5)31-20-7-6-17(10-13(20)2)24(25,26)27/h6-10,16,19,28H,11H2,1-5H3. The molecule has 2 atom stereocenters. The first-order chi connectivity index (χ1) is 14.4. The summed E-state index contributed by atoms with van der Waals surface area (Å²) in [7, 11) is 0. The van der Waals surface area contributed by atoms with E-state index in [2.05, 4.69) is 0 Å². The highest BCUT2D eigenvalue weighted by Gasteiger charge is 2.35. The van der Waals surface area contributed by atoms with Crippen LogP contribution in [0.5, 0.6) is 0 Å². The van der Waals surface area contributed by atoms with Crippen molar-refractivity contribution >= 4 is 23.3 Å². The van der Waals surface area contributed by atoms with Crippen LogP contribution in [0, 0.1) is 27.7 Å². The molecule has 0 saturated carbocycles. The van der Waals surface area contributed by atoms with Crippen LogP contribution in [0.1, 0.15) is 46.7 Å². The van der Waals surface area contributed by atoms with Crippen molar-refractivity contribution in [1.29, 1.82) is 0 Å². The second-order valence-corrected chi connectivity index (χ2v) is 9.46. The Labute approximate surface area is 184 Å². The minimum atomic E-state index is -4.39. The maximum atomic E-state index is 12.9. The molecular formula is C24H25F3O3S. The van der Waals surface area contributed by atoms with Crippen LogP contribution in [0.2, 0.25) is 0 Å². The third-order valence-corrected chi connectivity index (χ3v) is 6.80. The summed E-state index contributed by atoms with van der Waals surface area (Å²) in [6.45, 7) is 9.20. The quantitative estimate of drug-likeness (QED) is 0.416. The van der Waals surface area contributed by atoms with Gasteiger partial charge in [-0.25, -0.2) is 4.79 Å². The molecule has 0 radical (unpaired) electrons. The van der Waals surface area contributed by atoms with Crippen molar-refractivity contribution in [2.75, 3.05) is 0 Å². The maximum Gasteiger partial charge on any atom is 0.416 e. The van der Waals surface area contributed by atoms with Crippen molar-refractivity contribution in [3.63, 3.8) is 0 Å². The monoisotopic (exact) mass is 450 g/mol. The molecule has 1 heterocycles. The first-order valence-corrected chi connectivity index (χ1v) is 10.8. The first kappa shape index (κ1) is 23.3. The van der Waals surface area contributed by atoms with Gasteiger partial charge < -0.3 is 9.84 Å². The van der Waals surface area contributed by atoms with Crippen molar-refractivity contribution in [3.05, 3.63) is 69.5 Å². The Bertz CT molecular complexity index is 1030. The molecule has 0 fully saturated rings. The van der Waals surface area contributed by atoms with Gasteiger partial charge in [-0.1, -0.05) is 17.7 Å². The Kier molecular flexibility index (Phi) is 6.46. The van der Waals surface area contributed by atoms with E-state index in [1.807, 2.05) is 39.8 Å². The van der Waals surface area contributed by atoms with E-state index >= 15 is 0 Å². The number of aliphatic hydroxyl groups is 1. The summed E-state index contributed by atoms with van der Waals surface area (Å²) in [5.74, 6) is -0.603. The molecule has 1 N–H and O–H groups in total. The number of carbonyl (C=O) groups is 1. The lowest BCUT2D eigenvalue weighted by molar-refractivity contribution is -0.143. The summed E-state index contributed by atoms with van der Waals surface area (Å²) in [6.07, 6.45) is -4.83. The fourth-order valence-corrected chi connectivity index (χ4v) is 5.06. The fraction of sp³-hybridized carbons (Fsp3) is 0.375. The summed E-state index contributed by atoms with van der Waals surface area (Å²) in [5.41, 5.74) is 3.52. The van der Waals surface area contributed by atoms with E-state index < -0.39 is 23.8 Å². The van der Waals surface area contributed by atoms with E-state index in [-0.39, 0.29) is 23.0 Å². The van der Waals surface area contributed by atoms with Crippen LogP contribution in [0.15, 0.2) is 41.0 Å². The number of aryl methyl sites for hydroxylation is 4. The Hall–Kier alpha value is -2.41. The van der Waals surface area contributed by atoms with Crippen LogP contribution in [0.4, 0.5) is 13.2 Å². The SMILES string of the molecule is Cc1cc(C)c(C2=C(O)CC(C(C)Sc3ccc(C(F)(F)F)cc3C)OC2=O)c(C)c1. The number of esters is 1. The molecular weight excluding hydrogens is 425 g/mol. The molecule has 2 aromatic carbocycles. The molecule has 3 rings (SSSR count). The molecule has 0 amide bonds. The highest BCUT2D eigenvalue weighted by molar-refractivity contribution is 8.00. The highest BCUT2D eigenvalue weighted by atomic mass is 32.2. The second-order valence-electron chi connectivity index (χ2n) is 8.04. The number of thioether (sulfide) groups is 1. The zero-order valence-electron chi connectivity index (χ0n) is 18.1. The number of aliphatic hydroxyl groups excluding tert-OH is 1. The molecule has 1 aliphatic rings. The minimum absolute atomic E-state index is 0.0205. The Balaban J connectivity index is 1.82. The van der Waals surface area contributed by atoms with E-state index in [1.165, 1.54) is 17.8 Å². The second kappa shape index (κ2) is 8.61. The van der Waals surface area contributed by atoms with Gasteiger partial charge in [0.1, 0.15) is 17.4 Å². The zero-order valence-corrected chi connectivity index (χ0v) is 18.9. The van der Waals surface area contributed by atoms with Crippen LogP contribution < -0.4 is 0 Å². The van der Waals surface area contributed by atoms with Gasteiger partial charge in [-0.15, -0.1) is 11.8 Å². The molecule has 1 aliphatic heterocycles. The van der Waals surface area contributed by atoms with Gasteiger partial charge in [0, 0.05) is 16.6 Å². The molecule has 3 nitrogen and oxygen atoms in total. The van der Waals surface area contributed by atoms with Gasteiger partial charge in [-0.2, -0.15) is 13.2 Å². The van der Waals surface area contributed by atoms with Crippen molar-refractivity contribution in [2.45, 2.75) is 63.5 Å². The molecule has 31 heavy (non-hydrogen) atoms. The van der Waals surface area contributed by atoms with Crippen LogP contribution in [0.25, 0.3) is 5.57 Å². The summed E-state index contributed by atoms with van der Waals surface area (Å²) < 4.78 is 44.4. The minimum Gasteiger partial charge on any atom is -0.511 e. The fourth-order valence-electron chi connectivity index (χ4n) is 3.97. The van der Waals surface area contributed by atoms with Gasteiger partial charge >= 0.3 is 12.1 Å².